The van der Waals surface area contributed by atoms with Crippen LogP contribution in [-0.2, 0) is 19.6 Å². The Morgan fingerprint density at radius 2 is 1.77 bits per heavy atom. The van der Waals surface area contributed by atoms with Crippen molar-refractivity contribution < 1.29 is 26.7 Å². The Balaban J connectivity index is 1.65. The molecular formula is C21H25F2N3O4S. The van der Waals surface area contributed by atoms with Crippen molar-refractivity contribution in [3.8, 4) is 0 Å². The number of carbonyl (C=O) groups is 1. The number of morpholine rings is 1. The number of sulfonamides is 1. The van der Waals surface area contributed by atoms with Crippen LogP contribution in [0.3, 0.4) is 0 Å². The molecule has 0 aliphatic carbocycles. The van der Waals surface area contributed by atoms with Crippen LogP contribution >= 0.6 is 0 Å². The van der Waals surface area contributed by atoms with E-state index in [1.54, 1.807) is 26.0 Å². The lowest BCUT2D eigenvalue weighted by Gasteiger charge is -2.26. The fraction of sp³-hybridized carbons (Fsp3) is 0.381. The van der Waals surface area contributed by atoms with Crippen molar-refractivity contribution in [3.05, 3.63) is 59.7 Å². The molecule has 1 aliphatic rings. The first kappa shape index (κ1) is 23.3. The summed E-state index contributed by atoms with van der Waals surface area (Å²) in [4.78, 5) is 12.7. The zero-order chi connectivity index (χ0) is 22.6. The molecule has 3 rings (SSSR count). The molecule has 7 nitrogen and oxygen atoms in total. The summed E-state index contributed by atoms with van der Waals surface area (Å²) in [5.74, 6) is -2.29. The predicted octanol–water partition coefficient (Wildman–Crippen LogP) is 2.66. The summed E-state index contributed by atoms with van der Waals surface area (Å²) in [7, 11) is -3.68. The van der Waals surface area contributed by atoms with E-state index in [4.69, 9.17) is 4.74 Å². The minimum atomic E-state index is -3.68. The molecule has 2 aromatic carbocycles. The van der Waals surface area contributed by atoms with E-state index in [-0.39, 0.29) is 18.0 Å². The van der Waals surface area contributed by atoms with Gasteiger partial charge in [-0.05, 0) is 49.7 Å². The average molecular weight is 454 g/mol. The van der Waals surface area contributed by atoms with Gasteiger partial charge in [0.15, 0.2) is 11.6 Å². The van der Waals surface area contributed by atoms with E-state index < -0.39 is 39.6 Å². The van der Waals surface area contributed by atoms with Gasteiger partial charge in [0.05, 0.1) is 24.2 Å². The number of amides is 1. The molecule has 1 heterocycles. The van der Waals surface area contributed by atoms with Crippen molar-refractivity contribution >= 4 is 21.6 Å². The molecule has 2 aromatic rings. The van der Waals surface area contributed by atoms with Gasteiger partial charge in [-0.2, -0.15) is 4.31 Å². The van der Waals surface area contributed by atoms with Gasteiger partial charge in [0.1, 0.15) is 0 Å². The molecule has 2 N–H and O–H groups in total. The Kier molecular flexibility index (Phi) is 7.37. The molecule has 2 atom stereocenters. The highest BCUT2D eigenvalue weighted by molar-refractivity contribution is 7.89. The summed E-state index contributed by atoms with van der Waals surface area (Å²) < 4.78 is 58.7. The number of ether oxygens (including phenoxy) is 1. The van der Waals surface area contributed by atoms with Gasteiger partial charge in [0, 0.05) is 24.8 Å². The largest absolute Gasteiger partial charge is 0.379 e. The van der Waals surface area contributed by atoms with Crippen molar-refractivity contribution in [2.75, 3.05) is 31.6 Å². The van der Waals surface area contributed by atoms with E-state index in [1.807, 2.05) is 0 Å². The van der Waals surface area contributed by atoms with Crippen molar-refractivity contribution in [2.24, 2.45) is 0 Å². The first-order valence-electron chi connectivity index (χ1n) is 9.88. The quantitative estimate of drug-likeness (QED) is 0.673. The molecule has 0 spiro atoms. The SMILES string of the molecule is C[C@@H](N[C@H](C)c1ccc(F)c(F)c1)C(=O)Nc1cccc(S(=O)(=O)N2CCOCC2)c1. The summed E-state index contributed by atoms with van der Waals surface area (Å²) in [6.45, 7) is 4.60. The third kappa shape index (κ3) is 5.65. The minimum Gasteiger partial charge on any atom is -0.379 e. The van der Waals surface area contributed by atoms with Crippen LogP contribution in [0.1, 0.15) is 25.5 Å². The third-order valence-electron chi connectivity index (χ3n) is 5.05. The fourth-order valence-corrected chi connectivity index (χ4v) is 4.70. The lowest BCUT2D eigenvalue weighted by atomic mass is 10.1. The van der Waals surface area contributed by atoms with Gasteiger partial charge in [-0.3, -0.25) is 10.1 Å². The van der Waals surface area contributed by atoms with E-state index >= 15 is 0 Å². The third-order valence-corrected chi connectivity index (χ3v) is 6.94. The maximum absolute atomic E-state index is 13.5. The topological polar surface area (TPSA) is 87.7 Å². The zero-order valence-corrected chi connectivity index (χ0v) is 18.1. The number of rotatable bonds is 7. The summed E-state index contributed by atoms with van der Waals surface area (Å²) in [6, 6.07) is 8.52. The van der Waals surface area contributed by atoms with Crippen molar-refractivity contribution in [1.29, 1.82) is 0 Å². The van der Waals surface area contributed by atoms with Gasteiger partial charge < -0.3 is 10.1 Å². The van der Waals surface area contributed by atoms with E-state index in [2.05, 4.69) is 10.6 Å². The van der Waals surface area contributed by atoms with Crippen molar-refractivity contribution in [2.45, 2.75) is 30.8 Å². The number of anilines is 1. The number of nitrogens with zero attached hydrogens (tertiary/aromatic N) is 1. The Labute approximate surface area is 180 Å². The smallest absolute Gasteiger partial charge is 0.243 e. The van der Waals surface area contributed by atoms with Gasteiger partial charge in [-0.1, -0.05) is 12.1 Å². The van der Waals surface area contributed by atoms with Gasteiger partial charge >= 0.3 is 0 Å². The molecule has 0 radical (unpaired) electrons. The summed E-state index contributed by atoms with van der Waals surface area (Å²) in [6.07, 6.45) is 0. The first-order valence-corrected chi connectivity index (χ1v) is 11.3. The van der Waals surface area contributed by atoms with Crippen LogP contribution in [0.25, 0.3) is 0 Å². The van der Waals surface area contributed by atoms with Gasteiger partial charge in [0.2, 0.25) is 15.9 Å². The molecule has 168 valence electrons. The Bertz CT molecular complexity index is 1040. The van der Waals surface area contributed by atoms with Crippen LogP contribution in [0.15, 0.2) is 47.4 Å². The summed E-state index contributed by atoms with van der Waals surface area (Å²) >= 11 is 0. The molecule has 31 heavy (non-hydrogen) atoms. The van der Waals surface area contributed by atoms with Crippen LogP contribution in [0.5, 0.6) is 0 Å². The van der Waals surface area contributed by atoms with Crippen molar-refractivity contribution in [1.82, 2.24) is 9.62 Å². The first-order chi connectivity index (χ1) is 14.7. The second kappa shape index (κ2) is 9.82. The molecule has 0 unspecified atom stereocenters. The Morgan fingerprint density at radius 3 is 2.45 bits per heavy atom. The lowest BCUT2D eigenvalue weighted by Crippen LogP contribution is -2.40. The standard InChI is InChI=1S/C21H25F2N3O4S/c1-14(16-6-7-19(22)20(23)12-16)24-15(2)21(27)25-17-4-3-5-18(13-17)31(28,29)26-8-10-30-11-9-26/h3-7,12-15,24H,8-11H2,1-2H3,(H,25,27)/t14-,15-/m1/s1. The predicted molar refractivity (Wildman–Crippen MR) is 112 cm³/mol. The molecule has 1 aliphatic heterocycles. The Hall–Kier alpha value is -2.40. The average Bonchev–Trinajstić information content (AvgIpc) is 2.76. The number of nitrogens with one attached hydrogen (secondary N) is 2. The number of benzene rings is 2. The number of halogens is 2. The normalized spacial score (nSPS) is 17.2. The minimum absolute atomic E-state index is 0.0861. The molecule has 0 aromatic heterocycles. The summed E-state index contributed by atoms with van der Waals surface area (Å²) in [5, 5.41) is 5.71. The molecule has 0 bridgehead atoms. The van der Waals surface area contributed by atoms with Gasteiger partial charge in [-0.25, -0.2) is 17.2 Å². The molecule has 0 saturated carbocycles. The van der Waals surface area contributed by atoms with E-state index in [1.165, 1.54) is 22.5 Å². The van der Waals surface area contributed by atoms with Gasteiger partial charge in [-0.15, -0.1) is 0 Å². The highest BCUT2D eigenvalue weighted by Crippen LogP contribution is 2.21. The number of hydrogen-bond acceptors (Lipinski definition) is 5. The van der Waals surface area contributed by atoms with Crippen LogP contribution in [0.2, 0.25) is 0 Å². The zero-order valence-electron chi connectivity index (χ0n) is 17.3. The monoisotopic (exact) mass is 453 g/mol. The van der Waals surface area contributed by atoms with Crippen LogP contribution in [0, 0.1) is 11.6 Å². The fourth-order valence-electron chi connectivity index (χ4n) is 3.25. The molecule has 1 fully saturated rings. The van der Waals surface area contributed by atoms with E-state index in [0.717, 1.165) is 12.1 Å². The van der Waals surface area contributed by atoms with Crippen LogP contribution in [0.4, 0.5) is 14.5 Å². The van der Waals surface area contributed by atoms with E-state index in [9.17, 15) is 22.0 Å². The molecule has 1 amide bonds. The highest BCUT2D eigenvalue weighted by Gasteiger charge is 2.26. The molecular weight excluding hydrogens is 428 g/mol. The van der Waals surface area contributed by atoms with Gasteiger partial charge in [0.25, 0.3) is 0 Å². The molecule has 10 heteroatoms. The summed E-state index contributed by atoms with van der Waals surface area (Å²) in [5.41, 5.74) is 0.839. The lowest BCUT2D eigenvalue weighted by molar-refractivity contribution is -0.117. The second-order valence-electron chi connectivity index (χ2n) is 7.32. The highest BCUT2D eigenvalue weighted by atomic mass is 32.2. The second-order valence-corrected chi connectivity index (χ2v) is 9.26. The molecule has 1 saturated heterocycles. The Morgan fingerprint density at radius 1 is 1.06 bits per heavy atom. The number of hydrogen-bond donors (Lipinski definition) is 2. The van der Waals surface area contributed by atoms with Crippen LogP contribution < -0.4 is 10.6 Å². The van der Waals surface area contributed by atoms with Crippen LogP contribution in [-0.4, -0.2) is 51.0 Å². The van der Waals surface area contributed by atoms with E-state index in [0.29, 0.717) is 24.5 Å². The van der Waals surface area contributed by atoms with Crippen molar-refractivity contribution in [3.63, 3.8) is 0 Å². The maximum atomic E-state index is 13.5. The maximum Gasteiger partial charge on any atom is 0.243 e. The number of carbonyl (C=O) groups excluding carboxylic acids is 1.